The van der Waals surface area contributed by atoms with Crippen LogP contribution in [0.1, 0.15) is 13.3 Å². The first-order chi connectivity index (χ1) is 5.70. The fraction of sp³-hybridized carbons (Fsp3) is 0.778. The lowest BCUT2D eigenvalue weighted by molar-refractivity contribution is 0.0631. The molecule has 0 aliphatic rings. The van der Waals surface area contributed by atoms with E-state index in [1.54, 1.807) is 7.11 Å². The van der Waals surface area contributed by atoms with Gasteiger partial charge in [-0.15, -0.1) is 6.58 Å². The van der Waals surface area contributed by atoms with E-state index in [0.717, 1.165) is 6.42 Å². The van der Waals surface area contributed by atoms with E-state index in [2.05, 4.69) is 18.8 Å². The quantitative estimate of drug-likeness (QED) is 0.552. The molecule has 0 rings (SSSR count). The molecule has 12 heavy (non-hydrogen) atoms. The lowest BCUT2D eigenvalue weighted by Gasteiger charge is -2.14. The monoisotopic (exact) mass is 173 g/mol. The number of hydrogen-bond acceptors (Lipinski definition) is 3. The summed E-state index contributed by atoms with van der Waals surface area (Å²) in [6.07, 6.45) is 2.36. The van der Waals surface area contributed by atoms with Crippen LogP contribution in [-0.2, 0) is 4.74 Å². The van der Waals surface area contributed by atoms with Crippen LogP contribution in [0.3, 0.4) is 0 Å². The van der Waals surface area contributed by atoms with E-state index in [-0.39, 0.29) is 0 Å². The van der Waals surface area contributed by atoms with E-state index in [9.17, 15) is 5.11 Å². The Bertz CT molecular complexity index is 117. The highest BCUT2D eigenvalue weighted by Crippen LogP contribution is 1.91. The van der Waals surface area contributed by atoms with Gasteiger partial charge in [-0.3, -0.25) is 0 Å². The summed E-state index contributed by atoms with van der Waals surface area (Å²) >= 11 is 0. The maximum absolute atomic E-state index is 9.25. The molecule has 0 aliphatic carbocycles. The van der Waals surface area contributed by atoms with Crippen LogP contribution in [0, 0.1) is 0 Å². The van der Waals surface area contributed by atoms with Crippen LogP contribution >= 0.6 is 0 Å². The van der Waals surface area contributed by atoms with Crippen molar-refractivity contribution in [2.75, 3.05) is 20.3 Å². The normalized spacial score (nSPS) is 15.6. The van der Waals surface area contributed by atoms with Gasteiger partial charge in [-0.05, 0) is 13.3 Å². The second-order valence-electron chi connectivity index (χ2n) is 2.94. The van der Waals surface area contributed by atoms with Gasteiger partial charge in [-0.25, -0.2) is 0 Å². The molecular weight excluding hydrogens is 154 g/mol. The second-order valence-corrected chi connectivity index (χ2v) is 2.94. The van der Waals surface area contributed by atoms with E-state index in [0.29, 0.717) is 19.2 Å². The number of aliphatic hydroxyl groups is 1. The first kappa shape index (κ1) is 11.6. The molecule has 2 N–H and O–H groups in total. The fourth-order valence-electron chi connectivity index (χ4n) is 0.922. The zero-order valence-electron chi connectivity index (χ0n) is 7.92. The van der Waals surface area contributed by atoms with Gasteiger partial charge in [0.25, 0.3) is 0 Å². The van der Waals surface area contributed by atoms with E-state index < -0.39 is 6.10 Å². The minimum absolute atomic E-state index is 0.369. The molecule has 0 bridgehead atoms. The maximum atomic E-state index is 9.25. The van der Waals surface area contributed by atoms with Crippen LogP contribution in [0.15, 0.2) is 12.7 Å². The Kier molecular flexibility index (Phi) is 7.05. The molecule has 0 aromatic rings. The van der Waals surface area contributed by atoms with Crippen molar-refractivity contribution in [3.05, 3.63) is 12.7 Å². The largest absolute Gasteiger partial charge is 0.389 e. The predicted molar refractivity (Wildman–Crippen MR) is 50.2 cm³/mol. The van der Waals surface area contributed by atoms with Crippen molar-refractivity contribution in [2.24, 2.45) is 0 Å². The van der Waals surface area contributed by atoms with Gasteiger partial charge in [0.15, 0.2) is 0 Å². The lowest BCUT2D eigenvalue weighted by atomic mass is 10.2. The first-order valence-electron chi connectivity index (χ1n) is 4.22. The third-order valence-electron chi connectivity index (χ3n) is 1.58. The summed E-state index contributed by atoms with van der Waals surface area (Å²) in [5, 5.41) is 12.4. The molecule has 0 aliphatic heterocycles. The molecule has 0 heterocycles. The van der Waals surface area contributed by atoms with Crippen LogP contribution < -0.4 is 5.32 Å². The SMILES string of the molecule is C=CC[C@H](C)NC[C@@H](O)COC. The molecule has 0 fully saturated rings. The van der Waals surface area contributed by atoms with Crippen LogP contribution in [0.5, 0.6) is 0 Å². The second kappa shape index (κ2) is 7.28. The number of ether oxygens (including phenoxy) is 1. The van der Waals surface area contributed by atoms with E-state index in [4.69, 9.17) is 4.74 Å². The maximum Gasteiger partial charge on any atom is 0.0897 e. The predicted octanol–water partition coefficient (Wildman–Crippen LogP) is 0.548. The number of methoxy groups -OCH3 is 1. The average molecular weight is 173 g/mol. The molecule has 0 saturated carbocycles. The van der Waals surface area contributed by atoms with Gasteiger partial charge in [0, 0.05) is 19.7 Å². The third kappa shape index (κ3) is 6.34. The van der Waals surface area contributed by atoms with Gasteiger partial charge in [0.1, 0.15) is 0 Å². The van der Waals surface area contributed by atoms with Gasteiger partial charge >= 0.3 is 0 Å². The molecule has 0 aromatic heterocycles. The Morgan fingerprint density at radius 1 is 1.67 bits per heavy atom. The third-order valence-corrected chi connectivity index (χ3v) is 1.58. The van der Waals surface area contributed by atoms with Gasteiger partial charge in [-0.1, -0.05) is 6.08 Å². The Morgan fingerprint density at radius 2 is 2.33 bits per heavy atom. The summed E-state index contributed by atoms with van der Waals surface area (Å²) in [7, 11) is 1.58. The van der Waals surface area contributed by atoms with Crippen LogP contribution in [0.4, 0.5) is 0 Å². The van der Waals surface area contributed by atoms with Crippen molar-refractivity contribution in [3.63, 3.8) is 0 Å². The summed E-state index contributed by atoms with van der Waals surface area (Å²) in [6, 6.07) is 0.369. The lowest BCUT2D eigenvalue weighted by Crippen LogP contribution is -2.35. The minimum atomic E-state index is -0.415. The van der Waals surface area contributed by atoms with Crippen molar-refractivity contribution in [1.82, 2.24) is 5.32 Å². The Morgan fingerprint density at radius 3 is 2.83 bits per heavy atom. The average Bonchev–Trinajstić information content (AvgIpc) is 2.02. The highest BCUT2D eigenvalue weighted by molar-refractivity contribution is 4.75. The van der Waals surface area contributed by atoms with Gasteiger partial charge in [-0.2, -0.15) is 0 Å². The smallest absolute Gasteiger partial charge is 0.0897 e. The molecule has 0 saturated heterocycles. The minimum Gasteiger partial charge on any atom is -0.389 e. The summed E-state index contributed by atoms with van der Waals surface area (Å²) in [4.78, 5) is 0. The van der Waals surface area contributed by atoms with Crippen LogP contribution in [-0.4, -0.2) is 37.5 Å². The Hall–Kier alpha value is -0.380. The van der Waals surface area contributed by atoms with Crippen molar-refractivity contribution in [3.8, 4) is 0 Å². The van der Waals surface area contributed by atoms with E-state index in [1.807, 2.05) is 6.08 Å². The summed E-state index contributed by atoms with van der Waals surface area (Å²) in [5.74, 6) is 0. The number of hydrogen-bond donors (Lipinski definition) is 2. The van der Waals surface area contributed by atoms with E-state index >= 15 is 0 Å². The zero-order chi connectivity index (χ0) is 9.40. The Labute approximate surface area is 74.4 Å². The number of rotatable bonds is 7. The molecule has 2 atom stereocenters. The summed E-state index contributed by atoms with van der Waals surface area (Å²) in [6.45, 7) is 6.65. The molecule has 3 heteroatoms. The standard InChI is InChI=1S/C9H19NO2/c1-4-5-8(2)10-6-9(11)7-12-3/h4,8-11H,1,5-7H2,2-3H3/t8-,9+/m0/s1. The summed E-state index contributed by atoms with van der Waals surface area (Å²) in [5.41, 5.74) is 0. The number of aliphatic hydroxyl groups excluding tert-OH is 1. The fourth-order valence-corrected chi connectivity index (χ4v) is 0.922. The molecule has 0 radical (unpaired) electrons. The molecule has 0 amide bonds. The zero-order valence-corrected chi connectivity index (χ0v) is 7.92. The van der Waals surface area contributed by atoms with Crippen LogP contribution in [0.2, 0.25) is 0 Å². The highest BCUT2D eigenvalue weighted by Gasteiger charge is 2.04. The molecular formula is C9H19NO2. The van der Waals surface area contributed by atoms with E-state index in [1.165, 1.54) is 0 Å². The molecule has 0 aromatic carbocycles. The van der Waals surface area contributed by atoms with Crippen molar-refractivity contribution in [1.29, 1.82) is 0 Å². The molecule has 72 valence electrons. The molecule has 0 unspecified atom stereocenters. The molecule has 0 spiro atoms. The Balaban J connectivity index is 3.32. The van der Waals surface area contributed by atoms with Crippen molar-refractivity contribution < 1.29 is 9.84 Å². The van der Waals surface area contributed by atoms with Crippen molar-refractivity contribution in [2.45, 2.75) is 25.5 Å². The molecule has 3 nitrogen and oxygen atoms in total. The summed E-state index contributed by atoms with van der Waals surface area (Å²) < 4.78 is 4.79. The van der Waals surface area contributed by atoms with Gasteiger partial charge < -0.3 is 15.2 Å². The first-order valence-corrected chi connectivity index (χ1v) is 4.22. The number of nitrogens with one attached hydrogen (secondary N) is 1. The highest BCUT2D eigenvalue weighted by atomic mass is 16.5. The topological polar surface area (TPSA) is 41.5 Å². The van der Waals surface area contributed by atoms with Crippen molar-refractivity contribution >= 4 is 0 Å². The van der Waals surface area contributed by atoms with Crippen LogP contribution in [0.25, 0.3) is 0 Å². The van der Waals surface area contributed by atoms with Gasteiger partial charge in [0.05, 0.1) is 12.7 Å². The van der Waals surface area contributed by atoms with Gasteiger partial charge in [0.2, 0.25) is 0 Å².